The second-order valence-corrected chi connectivity index (χ2v) is 5.96. The molecular weight excluding hydrogens is 264 g/mol. The van der Waals surface area contributed by atoms with Crippen LogP contribution < -0.4 is 10.1 Å². The molecule has 1 fully saturated rings. The highest BCUT2D eigenvalue weighted by molar-refractivity contribution is 5.76. The van der Waals surface area contributed by atoms with Crippen LogP contribution in [0.1, 0.15) is 30.4 Å². The number of carbonyl (C=O) groups is 1. The standard InChI is InChI=1S/C17H26N2O2/c1-13-4-6-16(21-3)15(10-13)12-19(2)17(20)7-5-14-8-9-18-11-14/h4,6,10,14,18H,5,7-9,11-12H2,1-3H3. The summed E-state index contributed by atoms with van der Waals surface area (Å²) >= 11 is 0. The van der Waals surface area contributed by atoms with E-state index in [4.69, 9.17) is 4.74 Å². The zero-order chi connectivity index (χ0) is 15.2. The second kappa shape index (κ2) is 7.46. The molecule has 116 valence electrons. The Kier molecular flexibility index (Phi) is 5.62. The van der Waals surface area contributed by atoms with E-state index in [1.54, 1.807) is 12.0 Å². The van der Waals surface area contributed by atoms with E-state index < -0.39 is 0 Å². The van der Waals surface area contributed by atoms with Gasteiger partial charge in [0, 0.05) is 25.6 Å². The largest absolute Gasteiger partial charge is 0.496 e. The number of hydrogen-bond donors (Lipinski definition) is 1. The highest BCUT2D eigenvalue weighted by Crippen LogP contribution is 2.22. The van der Waals surface area contributed by atoms with Gasteiger partial charge in [0.2, 0.25) is 5.91 Å². The molecule has 0 aromatic heterocycles. The van der Waals surface area contributed by atoms with Crippen LogP contribution in [0.15, 0.2) is 18.2 Å². The van der Waals surface area contributed by atoms with Crippen LogP contribution >= 0.6 is 0 Å². The first kappa shape index (κ1) is 15.8. The highest BCUT2D eigenvalue weighted by atomic mass is 16.5. The SMILES string of the molecule is COc1ccc(C)cc1CN(C)C(=O)CCC1CCNC1. The van der Waals surface area contributed by atoms with E-state index in [0.717, 1.165) is 30.8 Å². The van der Waals surface area contributed by atoms with Crippen molar-refractivity contribution >= 4 is 5.91 Å². The number of rotatable bonds is 6. The maximum atomic E-state index is 12.3. The van der Waals surface area contributed by atoms with Crippen LogP contribution in [-0.4, -0.2) is 38.1 Å². The van der Waals surface area contributed by atoms with Gasteiger partial charge in [-0.1, -0.05) is 17.7 Å². The third kappa shape index (κ3) is 4.46. The van der Waals surface area contributed by atoms with E-state index in [9.17, 15) is 4.79 Å². The average molecular weight is 290 g/mol. The maximum Gasteiger partial charge on any atom is 0.222 e. The molecule has 0 saturated carbocycles. The predicted molar refractivity (Wildman–Crippen MR) is 84.4 cm³/mol. The Morgan fingerprint density at radius 3 is 2.95 bits per heavy atom. The van der Waals surface area contributed by atoms with E-state index in [0.29, 0.717) is 18.9 Å². The van der Waals surface area contributed by atoms with Crippen molar-refractivity contribution in [1.82, 2.24) is 10.2 Å². The second-order valence-electron chi connectivity index (χ2n) is 5.96. The molecule has 0 radical (unpaired) electrons. The van der Waals surface area contributed by atoms with Crippen molar-refractivity contribution in [2.45, 2.75) is 32.7 Å². The van der Waals surface area contributed by atoms with Crippen LogP contribution in [0, 0.1) is 12.8 Å². The minimum Gasteiger partial charge on any atom is -0.496 e. The molecular formula is C17H26N2O2. The summed E-state index contributed by atoms with van der Waals surface area (Å²) in [6.07, 6.45) is 2.82. The fraction of sp³-hybridized carbons (Fsp3) is 0.588. The van der Waals surface area contributed by atoms with Crippen LogP contribution in [0.4, 0.5) is 0 Å². The molecule has 1 aromatic rings. The molecule has 4 heteroatoms. The first-order chi connectivity index (χ1) is 10.1. The van der Waals surface area contributed by atoms with Crippen LogP contribution in [0.3, 0.4) is 0 Å². The molecule has 0 aliphatic carbocycles. The maximum absolute atomic E-state index is 12.3. The van der Waals surface area contributed by atoms with Gasteiger partial charge in [-0.25, -0.2) is 0 Å². The van der Waals surface area contributed by atoms with Gasteiger partial charge in [-0.3, -0.25) is 4.79 Å². The topological polar surface area (TPSA) is 41.6 Å². The summed E-state index contributed by atoms with van der Waals surface area (Å²) < 4.78 is 5.38. The smallest absolute Gasteiger partial charge is 0.222 e. The average Bonchev–Trinajstić information content (AvgIpc) is 2.98. The van der Waals surface area contributed by atoms with E-state index in [-0.39, 0.29) is 5.91 Å². The first-order valence-electron chi connectivity index (χ1n) is 7.68. The lowest BCUT2D eigenvalue weighted by Crippen LogP contribution is -2.27. The number of aryl methyl sites for hydroxylation is 1. The summed E-state index contributed by atoms with van der Waals surface area (Å²) in [7, 11) is 3.54. The molecule has 1 atom stereocenters. The van der Waals surface area contributed by atoms with Crippen LogP contribution in [0.2, 0.25) is 0 Å². The van der Waals surface area contributed by atoms with Gasteiger partial charge in [-0.15, -0.1) is 0 Å². The van der Waals surface area contributed by atoms with Crippen molar-refractivity contribution < 1.29 is 9.53 Å². The molecule has 1 aromatic carbocycles. The van der Waals surface area contributed by atoms with Crippen molar-refractivity contribution in [3.8, 4) is 5.75 Å². The monoisotopic (exact) mass is 290 g/mol. The Morgan fingerprint density at radius 1 is 1.48 bits per heavy atom. The summed E-state index contributed by atoms with van der Waals surface area (Å²) in [5.74, 6) is 1.72. The third-order valence-corrected chi connectivity index (χ3v) is 4.20. The Bertz CT molecular complexity index is 482. The van der Waals surface area contributed by atoms with Gasteiger partial charge < -0.3 is 15.0 Å². The summed E-state index contributed by atoms with van der Waals surface area (Å²) in [5, 5.41) is 3.34. The van der Waals surface area contributed by atoms with E-state index in [1.165, 1.54) is 12.0 Å². The lowest BCUT2D eigenvalue weighted by atomic mass is 10.0. The van der Waals surface area contributed by atoms with Gasteiger partial charge in [0.1, 0.15) is 5.75 Å². The Balaban J connectivity index is 1.89. The Labute approximate surface area is 127 Å². The third-order valence-electron chi connectivity index (χ3n) is 4.20. The fourth-order valence-corrected chi connectivity index (χ4v) is 2.85. The molecule has 1 aliphatic rings. The van der Waals surface area contributed by atoms with Gasteiger partial charge in [0.15, 0.2) is 0 Å². The fourth-order valence-electron chi connectivity index (χ4n) is 2.85. The molecule has 0 bridgehead atoms. The van der Waals surface area contributed by atoms with Crippen molar-refractivity contribution in [2.24, 2.45) is 5.92 Å². The van der Waals surface area contributed by atoms with Gasteiger partial charge in [0.05, 0.1) is 7.11 Å². The van der Waals surface area contributed by atoms with Gasteiger partial charge in [0.25, 0.3) is 0 Å². The summed E-state index contributed by atoms with van der Waals surface area (Å²) in [5.41, 5.74) is 2.25. The molecule has 1 aliphatic heterocycles. The minimum atomic E-state index is 0.213. The molecule has 1 N–H and O–H groups in total. The molecule has 0 spiro atoms. The molecule has 1 amide bonds. The molecule has 1 saturated heterocycles. The van der Waals surface area contributed by atoms with Crippen molar-refractivity contribution in [3.63, 3.8) is 0 Å². The number of nitrogens with zero attached hydrogens (tertiary/aromatic N) is 1. The quantitative estimate of drug-likeness (QED) is 0.874. The number of nitrogens with one attached hydrogen (secondary N) is 1. The van der Waals surface area contributed by atoms with Crippen molar-refractivity contribution in [1.29, 1.82) is 0 Å². The van der Waals surface area contributed by atoms with Gasteiger partial charge in [-0.05, 0) is 44.8 Å². The number of ether oxygens (including phenoxy) is 1. The number of methoxy groups -OCH3 is 1. The molecule has 4 nitrogen and oxygen atoms in total. The van der Waals surface area contributed by atoms with Gasteiger partial charge in [-0.2, -0.15) is 0 Å². The van der Waals surface area contributed by atoms with Gasteiger partial charge >= 0.3 is 0 Å². The molecule has 21 heavy (non-hydrogen) atoms. The van der Waals surface area contributed by atoms with Crippen LogP contribution in [0.25, 0.3) is 0 Å². The van der Waals surface area contributed by atoms with E-state index in [1.807, 2.05) is 19.2 Å². The van der Waals surface area contributed by atoms with E-state index >= 15 is 0 Å². The lowest BCUT2D eigenvalue weighted by Gasteiger charge is -2.20. The zero-order valence-corrected chi connectivity index (χ0v) is 13.3. The zero-order valence-electron chi connectivity index (χ0n) is 13.3. The molecule has 1 unspecified atom stereocenters. The Morgan fingerprint density at radius 2 is 2.29 bits per heavy atom. The summed E-state index contributed by atoms with van der Waals surface area (Å²) in [6.45, 7) is 4.81. The number of amides is 1. The number of hydrogen-bond acceptors (Lipinski definition) is 3. The van der Waals surface area contributed by atoms with Crippen LogP contribution in [0.5, 0.6) is 5.75 Å². The van der Waals surface area contributed by atoms with Crippen molar-refractivity contribution in [2.75, 3.05) is 27.2 Å². The number of carbonyl (C=O) groups excluding carboxylic acids is 1. The van der Waals surface area contributed by atoms with Crippen LogP contribution in [-0.2, 0) is 11.3 Å². The predicted octanol–water partition coefficient (Wildman–Crippen LogP) is 2.35. The highest BCUT2D eigenvalue weighted by Gasteiger charge is 2.18. The first-order valence-corrected chi connectivity index (χ1v) is 7.68. The Hall–Kier alpha value is -1.55. The number of benzene rings is 1. The minimum absolute atomic E-state index is 0.213. The van der Waals surface area contributed by atoms with Crippen molar-refractivity contribution in [3.05, 3.63) is 29.3 Å². The summed E-state index contributed by atoms with van der Waals surface area (Å²) in [6, 6.07) is 6.08. The molecule has 1 heterocycles. The summed E-state index contributed by atoms with van der Waals surface area (Å²) in [4.78, 5) is 14.1. The normalized spacial score (nSPS) is 17.8. The molecule has 2 rings (SSSR count). The lowest BCUT2D eigenvalue weighted by molar-refractivity contribution is -0.130. The van der Waals surface area contributed by atoms with E-state index in [2.05, 4.69) is 18.3 Å².